The second-order valence-electron chi connectivity index (χ2n) is 19.2. The van der Waals surface area contributed by atoms with Gasteiger partial charge >= 0.3 is 12.0 Å². The molecule has 16 nitrogen and oxygen atoms in total. The number of amides is 4. The van der Waals surface area contributed by atoms with E-state index in [1.165, 1.54) is 16.2 Å². The van der Waals surface area contributed by atoms with E-state index in [9.17, 15) is 32.7 Å². The van der Waals surface area contributed by atoms with E-state index in [0.29, 0.717) is 59.5 Å². The third kappa shape index (κ3) is 10.4. The van der Waals surface area contributed by atoms with Crippen LogP contribution in [0.15, 0.2) is 41.8 Å². The predicted molar refractivity (Wildman–Crippen MR) is 246 cm³/mol. The monoisotopic (exact) mass is 921 g/mol. The van der Waals surface area contributed by atoms with Gasteiger partial charge in [0.15, 0.2) is 15.0 Å². The lowest BCUT2D eigenvalue weighted by atomic mass is 9.83. The van der Waals surface area contributed by atoms with E-state index in [0.717, 1.165) is 37.2 Å². The van der Waals surface area contributed by atoms with Crippen molar-refractivity contribution in [3.05, 3.63) is 41.8 Å². The number of pyridine rings is 1. The van der Waals surface area contributed by atoms with E-state index in [2.05, 4.69) is 21.3 Å². The predicted octanol–water partition coefficient (Wildman–Crippen LogP) is 6.60. The Morgan fingerprint density at radius 1 is 1.05 bits per heavy atom. The van der Waals surface area contributed by atoms with Crippen molar-refractivity contribution in [3.63, 3.8) is 0 Å². The molecule has 4 heterocycles. The lowest BCUT2D eigenvalue weighted by Gasteiger charge is -2.40. The van der Waals surface area contributed by atoms with Gasteiger partial charge in [0.1, 0.15) is 40.9 Å². The van der Waals surface area contributed by atoms with Crippen molar-refractivity contribution >= 4 is 61.0 Å². The van der Waals surface area contributed by atoms with Gasteiger partial charge in [-0.05, 0) is 85.3 Å². The molecule has 7 rings (SSSR count). The number of ether oxygens (including phenoxy) is 2. The number of sulfone groups is 1. The minimum Gasteiger partial charge on any atom is -0.497 e. The summed E-state index contributed by atoms with van der Waals surface area (Å²) < 4.78 is 38.3. The Kier molecular flexibility index (Phi) is 13.9. The summed E-state index contributed by atoms with van der Waals surface area (Å²) >= 11 is 1.45. The van der Waals surface area contributed by atoms with Crippen LogP contribution in [0.1, 0.15) is 112 Å². The van der Waals surface area contributed by atoms with Crippen LogP contribution < -0.4 is 30.7 Å². The van der Waals surface area contributed by atoms with Gasteiger partial charge in [-0.3, -0.25) is 9.59 Å². The summed E-state index contributed by atoms with van der Waals surface area (Å²) in [7, 11) is -2.05. The SMILES string of the molecule is COc1ccc2c(OC3C[C@H]4C(=O)N[C@]5(C(=O)O)CC5/C=C\CCCCC[C@H](NC(=O)NC5(CS(=O)(=O)C(C)(C)C)CCCCC5)C(=O)N4C3)cc(-c3csc(NC(C)C)n3)nc2c1. The number of allylic oxidation sites excluding steroid dienone is 1. The first-order valence-electron chi connectivity index (χ1n) is 22.5. The molecule has 2 unspecified atom stereocenters. The van der Waals surface area contributed by atoms with Crippen LogP contribution in [-0.4, -0.2) is 112 Å². The third-order valence-corrected chi connectivity index (χ3v) is 16.5. The molecular weight excluding hydrogens is 859 g/mol. The number of hydrogen-bond acceptors (Lipinski definition) is 12. The minimum absolute atomic E-state index is 0.0366. The molecule has 1 saturated heterocycles. The molecule has 2 aromatic heterocycles. The molecule has 4 amide bonds. The highest BCUT2D eigenvalue weighted by molar-refractivity contribution is 7.92. The van der Waals surface area contributed by atoms with Gasteiger partial charge in [0.05, 0.1) is 40.9 Å². The number of carbonyl (C=O) groups excluding carboxylic acids is 3. The van der Waals surface area contributed by atoms with Crippen molar-refractivity contribution < 1.29 is 42.2 Å². The van der Waals surface area contributed by atoms with Crippen LogP contribution in [0.25, 0.3) is 22.3 Å². The largest absolute Gasteiger partial charge is 0.497 e. The number of hydrogen-bond donors (Lipinski definition) is 5. The quantitative estimate of drug-likeness (QED) is 0.129. The molecule has 18 heteroatoms. The summed E-state index contributed by atoms with van der Waals surface area (Å²) in [6.07, 6.45) is 9.81. The summed E-state index contributed by atoms with van der Waals surface area (Å²) in [6, 6.07) is 4.53. The highest BCUT2D eigenvalue weighted by Gasteiger charge is 2.61. The number of carbonyl (C=O) groups is 4. The highest BCUT2D eigenvalue weighted by Crippen LogP contribution is 2.46. The van der Waals surface area contributed by atoms with E-state index in [1.807, 2.05) is 37.4 Å². The van der Waals surface area contributed by atoms with Crippen molar-refractivity contribution in [2.45, 2.75) is 152 Å². The molecular formula is C46H63N7O9S2. The Balaban J connectivity index is 1.20. The molecule has 2 saturated carbocycles. The molecule has 1 aromatic carbocycles. The van der Waals surface area contributed by atoms with Crippen molar-refractivity contribution in [1.29, 1.82) is 0 Å². The Morgan fingerprint density at radius 3 is 2.50 bits per heavy atom. The number of carboxylic acids is 1. The Labute approximate surface area is 379 Å². The maximum atomic E-state index is 15.0. The van der Waals surface area contributed by atoms with Gasteiger partial charge in [0.2, 0.25) is 11.8 Å². The zero-order chi connectivity index (χ0) is 46.0. The van der Waals surface area contributed by atoms with E-state index in [1.54, 1.807) is 46.1 Å². The topological polar surface area (TPSA) is 218 Å². The number of benzene rings is 1. The maximum Gasteiger partial charge on any atom is 0.330 e. The smallest absolute Gasteiger partial charge is 0.330 e. The van der Waals surface area contributed by atoms with Crippen molar-refractivity contribution in [3.8, 4) is 22.9 Å². The molecule has 0 spiro atoms. The van der Waals surface area contributed by atoms with E-state index in [-0.39, 0.29) is 37.6 Å². The normalized spacial score (nSPS) is 25.8. The standard InChI is InChI=1S/C46H63N7O9S2/c1-28(2)47-43-50-36(26-63-43)35-23-38(32-18-17-30(61-6)21-34(32)48-35)62-31-22-37-39(54)51-46(41(56)57)24-29(46)15-11-8-7-9-12-16-33(40(55)53(37)25-31)49-42(58)52-45(19-13-10-14-20-45)27-64(59,60)44(3,4)5/h11,15,17-18,21,23,26,28-29,31,33,37H,7-10,12-14,16,19-20,22,24-25,27H2,1-6H3,(H,47,50)(H,51,54)(H,56,57)(H2,49,52,58)/b15-11-/t29?,31?,33-,37-,46+/m0/s1. The van der Waals surface area contributed by atoms with Gasteiger partial charge in [-0.1, -0.05) is 44.3 Å². The number of urea groups is 1. The molecule has 3 aromatic rings. The zero-order valence-electron chi connectivity index (χ0n) is 37.7. The summed E-state index contributed by atoms with van der Waals surface area (Å²) in [6.45, 7) is 8.98. The number of nitrogens with zero attached hydrogens (tertiary/aromatic N) is 3. The number of carboxylic acid groups (broad SMARTS) is 1. The molecule has 3 fully saturated rings. The van der Waals surface area contributed by atoms with Crippen molar-refractivity contribution in [2.24, 2.45) is 5.92 Å². The number of aliphatic carboxylic acids is 1. The number of nitrogens with one attached hydrogen (secondary N) is 4. The van der Waals surface area contributed by atoms with Gasteiger partial charge in [-0.25, -0.2) is 28.0 Å². The molecule has 5 atom stereocenters. The Hall–Kier alpha value is -4.97. The van der Waals surface area contributed by atoms with Gasteiger partial charge < -0.3 is 40.7 Å². The molecule has 64 heavy (non-hydrogen) atoms. The number of thiazole rings is 1. The van der Waals surface area contributed by atoms with Crippen molar-refractivity contribution in [2.75, 3.05) is 24.7 Å². The summed E-state index contributed by atoms with van der Waals surface area (Å²) in [5, 5.41) is 25.8. The van der Waals surface area contributed by atoms with Crippen LogP contribution in [0, 0.1) is 5.92 Å². The first-order chi connectivity index (χ1) is 30.3. The van der Waals surface area contributed by atoms with Crippen molar-refractivity contribution in [1.82, 2.24) is 30.8 Å². The Bertz CT molecular complexity index is 2370. The molecule has 2 aliphatic carbocycles. The van der Waals surface area contributed by atoms with Crippen LogP contribution in [-0.2, 0) is 24.2 Å². The number of rotatable bonds is 11. The first-order valence-corrected chi connectivity index (χ1v) is 25.1. The molecule has 4 aliphatic rings. The van der Waals surface area contributed by atoms with Crippen LogP contribution in [0.5, 0.6) is 11.5 Å². The third-order valence-electron chi connectivity index (χ3n) is 13.0. The zero-order valence-corrected chi connectivity index (χ0v) is 39.3. The fourth-order valence-electron chi connectivity index (χ4n) is 9.11. The average Bonchev–Trinajstić information content (AvgIpc) is 3.49. The fourth-order valence-corrected chi connectivity index (χ4v) is 11.5. The number of aromatic nitrogens is 2. The van der Waals surface area contributed by atoms with Gasteiger partial charge in [0, 0.05) is 41.3 Å². The van der Waals surface area contributed by atoms with Gasteiger partial charge in [-0.2, -0.15) is 0 Å². The maximum absolute atomic E-state index is 15.0. The Morgan fingerprint density at radius 2 is 1.80 bits per heavy atom. The second kappa shape index (κ2) is 18.9. The number of methoxy groups -OCH3 is 1. The number of fused-ring (bicyclic) bond motifs is 3. The summed E-state index contributed by atoms with van der Waals surface area (Å²) in [5.74, 6) is -1.87. The van der Waals surface area contributed by atoms with E-state index in [4.69, 9.17) is 19.4 Å². The van der Waals surface area contributed by atoms with Gasteiger partial charge in [0.25, 0.3) is 0 Å². The minimum atomic E-state index is -3.62. The van der Waals surface area contributed by atoms with Gasteiger partial charge in [-0.15, -0.1) is 11.3 Å². The number of anilines is 1. The molecule has 348 valence electrons. The molecule has 2 aliphatic heterocycles. The first kappa shape index (κ1) is 47.0. The summed E-state index contributed by atoms with van der Waals surface area (Å²) in [4.78, 5) is 67.3. The second-order valence-corrected chi connectivity index (χ2v) is 22.8. The van der Waals surface area contributed by atoms with E-state index < -0.39 is 73.6 Å². The summed E-state index contributed by atoms with van der Waals surface area (Å²) in [5.41, 5.74) is -0.763. The van der Waals surface area contributed by atoms with Crippen LogP contribution in [0.3, 0.4) is 0 Å². The highest BCUT2D eigenvalue weighted by atomic mass is 32.2. The lowest BCUT2D eigenvalue weighted by Crippen LogP contribution is -2.61. The average molecular weight is 922 g/mol. The lowest BCUT2D eigenvalue weighted by molar-refractivity contribution is -0.145. The van der Waals surface area contributed by atoms with Crippen LogP contribution in [0.2, 0.25) is 0 Å². The van der Waals surface area contributed by atoms with E-state index >= 15 is 0 Å². The molecule has 0 bridgehead atoms. The van der Waals surface area contributed by atoms with Crippen LogP contribution >= 0.6 is 11.3 Å². The molecule has 5 N–H and O–H groups in total. The van der Waals surface area contributed by atoms with Crippen LogP contribution in [0.4, 0.5) is 9.93 Å². The fraction of sp³-hybridized carbons (Fsp3) is 0.609. The molecule has 0 radical (unpaired) electrons.